The minimum absolute atomic E-state index is 0.332. The second-order valence-corrected chi connectivity index (χ2v) is 6.62. The first-order chi connectivity index (χ1) is 12.6. The molecule has 0 amide bonds. The maximum atomic E-state index is 14.6. The lowest BCUT2D eigenvalue weighted by molar-refractivity contribution is -0.142. The number of halogens is 1. The zero-order valence-corrected chi connectivity index (χ0v) is 14.2. The molecular formula is C21H19FN2O2. The number of hydrogen-bond acceptors (Lipinski definition) is 3. The molecule has 1 fully saturated rings. The Bertz CT molecular complexity index is 959. The highest BCUT2D eigenvalue weighted by atomic mass is 19.1. The van der Waals surface area contributed by atoms with Crippen LogP contribution >= 0.6 is 0 Å². The molecular weight excluding hydrogens is 331 g/mol. The van der Waals surface area contributed by atoms with Gasteiger partial charge in [-0.15, -0.1) is 0 Å². The SMILES string of the molecule is O=C(O)C1CCCN1C(c1cnc2ccccc2c1)c1ccccc1F. The Morgan fingerprint density at radius 2 is 1.96 bits per heavy atom. The average Bonchev–Trinajstić information content (AvgIpc) is 3.13. The van der Waals surface area contributed by atoms with Gasteiger partial charge in [0, 0.05) is 23.7 Å². The van der Waals surface area contributed by atoms with E-state index in [4.69, 9.17) is 0 Å². The molecule has 0 saturated carbocycles. The molecule has 1 saturated heterocycles. The normalized spacial score (nSPS) is 18.9. The summed E-state index contributed by atoms with van der Waals surface area (Å²) in [5.41, 5.74) is 2.15. The predicted octanol–water partition coefficient (Wildman–Crippen LogP) is 4.01. The topological polar surface area (TPSA) is 53.4 Å². The van der Waals surface area contributed by atoms with E-state index in [1.54, 1.807) is 24.4 Å². The predicted molar refractivity (Wildman–Crippen MR) is 97.3 cm³/mol. The summed E-state index contributed by atoms with van der Waals surface area (Å²) in [6.45, 7) is 0.614. The molecule has 1 aliphatic heterocycles. The van der Waals surface area contributed by atoms with Crippen LogP contribution < -0.4 is 0 Å². The van der Waals surface area contributed by atoms with E-state index in [9.17, 15) is 14.3 Å². The van der Waals surface area contributed by atoms with Gasteiger partial charge in [-0.05, 0) is 36.6 Å². The van der Waals surface area contributed by atoms with Gasteiger partial charge in [0.2, 0.25) is 0 Å². The number of carboxylic acid groups (broad SMARTS) is 1. The minimum Gasteiger partial charge on any atom is -0.480 e. The van der Waals surface area contributed by atoms with Crippen molar-refractivity contribution in [1.82, 2.24) is 9.88 Å². The number of pyridine rings is 1. The van der Waals surface area contributed by atoms with Crippen molar-refractivity contribution in [2.24, 2.45) is 0 Å². The third-order valence-corrected chi connectivity index (χ3v) is 5.04. The van der Waals surface area contributed by atoms with E-state index in [1.807, 2.05) is 35.2 Å². The molecule has 132 valence electrons. The maximum absolute atomic E-state index is 14.6. The monoisotopic (exact) mass is 350 g/mol. The van der Waals surface area contributed by atoms with Crippen LogP contribution in [0.5, 0.6) is 0 Å². The Hall–Kier alpha value is -2.79. The number of fused-ring (bicyclic) bond motifs is 1. The van der Waals surface area contributed by atoms with Crippen molar-refractivity contribution in [3.05, 3.63) is 77.7 Å². The smallest absolute Gasteiger partial charge is 0.320 e. The van der Waals surface area contributed by atoms with Crippen molar-refractivity contribution in [2.75, 3.05) is 6.54 Å². The zero-order valence-electron chi connectivity index (χ0n) is 14.2. The summed E-state index contributed by atoms with van der Waals surface area (Å²) >= 11 is 0. The third-order valence-electron chi connectivity index (χ3n) is 5.04. The van der Waals surface area contributed by atoms with Gasteiger partial charge in [-0.25, -0.2) is 4.39 Å². The highest BCUT2D eigenvalue weighted by molar-refractivity contribution is 5.79. The fraction of sp³-hybridized carbons (Fsp3) is 0.238. The Morgan fingerprint density at radius 3 is 2.77 bits per heavy atom. The fourth-order valence-electron chi connectivity index (χ4n) is 3.85. The molecule has 26 heavy (non-hydrogen) atoms. The standard InChI is InChI=1S/C21H19FN2O2/c22-17-8-3-2-7-16(17)20(24-11-5-10-19(24)21(25)26)15-12-14-6-1-4-9-18(14)23-13-15/h1-4,6-9,12-13,19-20H,5,10-11H2,(H,25,26). The number of carboxylic acids is 1. The molecule has 3 aromatic rings. The van der Waals surface area contributed by atoms with Gasteiger partial charge in [-0.1, -0.05) is 36.4 Å². The lowest BCUT2D eigenvalue weighted by Crippen LogP contribution is -2.39. The number of carbonyl (C=O) groups is 1. The van der Waals surface area contributed by atoms with Crippen LogP contribution in [0.25, 0.3) is 10.9 Å². The van der Waals surface area contributed by atoms with Crippen LogP contribution in [-0.4, -0.2) is 33.5 Å². The van der Waals surface area contributed by atoms with Crippen molar-refractivity contribution < 1.29 is 14.3 Å². The zero-order chi connectivity index (χ0) is 18.1. The van der Waals surface area contributed by atoms with Crippen LogP contribution in [0.1, 0.15) is 30.0 Å². The summed E-state index contributed by atoms with van der Waals surface area (Å²) in [6, 6.07) is 15.2. The van der Waals surface area contributed by atoms with Crippen LogP contribution in [0, 0.1) is 5.82 Å². The summed E-state index contributed by atoms with van der Waals surface area (Å²) in [5.74, 6) is -1.20. The Kier molecular flexibility index (Phi) is 4.39. The summed E-state index contributed by atoms with van der Waals surface area (Å²) in [4.78, 5) is 18.1. The van der Waals surface area contributed by atoms with Gasteiger partial charge in [-0.3, -0.25) is 14.7 Å². The van der Waals surface area contributed by atoms with Crippen molar-refractivity contribution in [2.45, 2.75) is 24.9 Å². The van der Waals surface area contributed by atoms with Crippen LogP contribution in [0.4, 0.5) is 4.39 Å². The number of rotatable bonds is 4. The molecule has 2 heterocycles. The van der Waals surface area contributed by atoms with Gasteiger partial charge >= 0.3 is 5.97 Å². The van der Waals surface area contributed by atoms with Gasteiger partial charge in [0.05, 0.1) is 11.6 Å². The van der Waals surface area contributed by atoms with E-state index in [1.165, 1.54) is 6.07 Å². The molecule has 2 atom stereocenters. The number of nitrogens with zero attached hydrogens (tertiary/aromatic N) is 2. The lowest BCUT2D eigenvalue weighted by Gasteiger charge is -2.32. The quantitative estimate of drug-likeness (QED) is 0.772. The van der Waals surface area contributed by atoms with Crippen LogP contribution in [-0.2, 0) is 4.79 Å². The molecule has 0 bridgehead atoms. The Morgan fingerprint density at radius 1 is 1.19 bits per heavy atom. The first-order valence-corrected chi connectivity index (χ1v) is 8.73. The molecule has 0 aliphatic carbocycles. The van der Waals surface area contributed by atoms with E-state index >= 15 is 0 Å². The molecule has 0 radical (unpaired) electrons. The van der Waals surface area contributed by atoms with Gasteiger partial charge in [-0.2, -0.15) is 0 Å². The summed E-state index contributed by atoms with van der Waals surface area (Å²) < 4.78 is 14.6. The minimum atomic E-state index is -0.863. The maximum Gasteiger partial charge on any atom is 0.320 e. The van der Waals surface area contributed by atoms with E-state index in [2.05, 4.69) is 4.98 Å². The molecule has 0 spiro atoms. The molecule has 1 N–H and O–H groups in total. The molecule has 4 rings (SSSR count). The van der Waals surface area contributed by atoms with Crippen molar-refractivity contribution >= 4 is 16.9 Å². The number of benzene rings is 2. The van der Waals surface area contributed by atoms with Crippen molar-refractivity contribution in [1.29, 1.82) is 0 Å². The average molecular weight is 350 g/mol. The van der Waals surface area contributed by atoms with Crippen LogP contribution in [0.3, 0.4) is 0 Å². The number of aromatic nitrogens is 1. The highest BCUT2D eigenvalue weighted by Crippen LogP contribution is 2.36. The number of para-hydroxylation sites is 1. The van der Waals surface area contributed by atoms with E-state index in [0.717, 1.165) is 22.9 Å². The Balaban J connectivity index is 1.87. The molecule has 1 aliphatic rings. The lowest BCUT2D eigenvalue weighted by atomic mass is 9.96. The second-order valence-electron chi connectivity index (χ2n) is 6.62. The van der Waals surface area contributed by atoms with Crippen molar-refractivity contribution in [3.63, 3.8) is 0 Å². The van der Waals surface area contributed by atoms with E-state index in [-0.39, 0.29) is 5.82 Å². The van der Waals surface area contributed by atoms with Gasteiger partial charge in [0.25, 0.3) is 0 Å². The molecule has 2 aromatic carbocycles. The highest BCUT2D eigenvalue weighted by Gasteiger charge is 2.37. The largest absolute Gasteiger partial charge is 0.480 e. The number of aliphatic carboxylic acids is 1. The first-order valence-electron chi connectivity index (χ1n) is 8.73. The van der Waals surface area contributed by atoms with Crippen molar-refractivity contribution in [3.8, 4) is 0 Å². The van der Waals surface area contributed by atoms with Gasteiger partial charge in [0.15, 0.2) is 0 Å². The third kappa shape index (κ3) is 2.95. The first kappa shape index (κ1) is 16.7. The van der Waals surface area contributed by atoms with E-state index in [0.29, 0.717) is 18.5 Å². The Labute approximate surface area is 150 Å². The van der Waals surface area contributed by atoms with Gasteiger partial charge in [0.1, 0.15) is 11.9 Å². The van der Waals surface area contributed by atoms with Crippen LogP contribution in [0.15, 0.2) is 60.8 Å². The molecule has 1 aromatic heterocycles. The number of hydrogen-bond donors (Lipinski definition) is 1. The molecule has 5 heteroatoms. The molecule has 2 unspecified atom stereocenters. The van der Waals surface area contributed by atoms with E-state index < -0.39 is 18.1 Å². The van der Waals surface area contributed by atoms with Crippen LogP contribution in [0.2, 0.25) is 0 Å². The van der Waals surface area contributed by atoms with Gasteiger partial charge < -0.3 is 5.11 Å². The summed E-state index contributed by atoms with van der Waals surface area (Å²) in [6.07, 6.45) is 3.08. The fourth-order valence-corrected chi connectivity index (χ4v) is 3.85. The molecule has 4 nitrogen and oxygen atoms in total. The summed E-state index contributed by atoms with van der Waals surface area (Å²) in [7, 11) is 0. The second kappa shape index (κ2) is 6.84. The number of likely N-dealkylation sites (tertiary alicyclic amines) is 1. The summed E-state index contributed by atoms with van der Waals surface area (Å²) in [5, 5.41) is 10.6.